The van der Waals surface area contributed by atoms with Gasteiger partial charge in [0.2, 0.25) is 5.82 Å². The molecule has 21 heteroatoms. The molecule has 0 radical (unpaired) electrons. The summed E-state index contributed by atoms with van der Waals surface area (Å²) in [5.41, 5.74) is -0.700. The van der Waals surface area contributed by atoms with Crippen LogP contribution in [0.5, 0.6) is 5.75 Å². The van der Waals surface area contributed by atoms with E-state index in [1.807, 2.05) is 19.9 Å². The maximum Gasteiger partial charge on any atom is 0.451 e. The van der Waals surface area contributed by atoms with E-state index in [-0.39, 0.29) is 57.4 Å². The quantitative estimate of drug-likeness (QED) is 0.0526. The molecule has 6 aromatic rings. The number of Topliss-reactive ketones (excluding diaryl/α,β-unsaturated/α-hetero) is 2. The van der Waals surface area contributed by atoms with Crippen LogP contribution >= 0.6 is 34.9 Å². The molecule has 0 atom stereocenters. The molecular weight excluding hydrogens is 865 g/mol. The number of carbonyl (C=O) groups excluding carboxylic acids is 2. The number of methoxy groups -OCH3 is 1. The first-order valence-corrected chi connectivity index (χ1v) is 21.7. The van der Waals surface area contributed by atoms with Crippen LogP contribution < -0.4 is 20.3 Å². The standard InChI is InChI=1S/C20H20F2N6O2S.C18H13F4N3OS2.C2H6/c1-30-13-8-14-18(25-10-13)26-19(17(21)22)27-20(14)31-11-15(29)12-2-3-16(24-9-12)28-6-4-23-5-7-28;19-17(8-23-9-17)14-6-5-13(28-14)12(26)7-27-15-10-3-1-2-4-11(10)24-16(25-15)18(20,21)22;1-2/h2-3,8-10,17,23H,4-7,11H2,1H3;1-6,23H,7-9H2;1-2H3. The molecule has 5 aromatic heterocycles. The number of ketones is 2. The van der Waals surface area contributed by atoms with Crippen LogP contribution in [-0.2, 0) is 11.8 Å². The van der Waals surface area contributed by atoms with Crippen LogP contribution in [-0.4, -0.2) is 99.4 Å². The normalized spacial score (nSPS) is 14.8. The number of hydrogen-bond donors (Lipinski definition) is 2. The van der Waals surface area contributed by atoms with Gasteiger partial charge in [-0.2, -0.15) is 13.2 Å². The molecule has 2 saturated heterocycles. The third-order valence-corrected chi connectivity index (χ3v) is 12.4. The van der Waals surface area contributed by atoms with Crippen LogP contribution in [0.25, 0.3) is 21.9 Å². The van der Waals surface area contributed by atoms with Crippen molar-refractivity contribution >= 4 is 74.2 Å². The van der Waals surface area contributed by atoms with Crippen LogP contribution in [0.1, 0.15) is 56.8 Å². The van der Waals surface area contributed by atoms with Crippen molar-refractivity contribution in [2.75, 3.05) is 62.8 Å². The monoisotopic (exact) mass is 903 g/mol. The van der Waals surface area contributed by atoms with Gasteiger partial charge < -0.3 is 20.3 Å². The molecule has 2 aliphatic heterocycles. The van der Waals surface area contributed by atoms with E-state index >= 15 is 0 Å². The fraction of sp³-hybridized carbons (Fsp3) is 0.350. The lowest BCUT2D eigenvalue weighted by molar-refractivity contribution is -0.145. The van der Waals surface area contributed by atoms with E-state index in [0.717, 1.165) is 66.9 Å². The minimum absolute atomic E-state index is 0.0145. The second-order valence-electron chi connectivity index (χ2n) is 13.1. The van der Waals surface area contributed by atoms with Crippen molar-refractivity contribution in [2.45, 2.75) is 42.2 Å². The van der Waals surface area contributed by atoms with Crippen molar-refractivity contribution in [2.24, 2.45) is 0 Å². The van der Waals surface area contributed by atoms with Gasteiger partial charge in [0.1, 0.15) is 21.6 Å². The first kappa shape index (κ1) is 45.6. The van der Waals surface area contributed by atoms with Gasteiger partial charge in [-0.3, -0.25) is 9.59 Å². The minimum Gasteiger partial charge on any atom is -0.495 e. The molecule has 2 N–H and O–H groups in total. The topological polar surface area (TPSA) is 148 Å². The SMILES string of the molecule is CC.COc1cnc2nc(C(F)F)nc(SCC(=O)c3ccc(N4CCNCC4)nc3)c2c1.O=C(CSc1nc(C(F)(F)F)nc2ccccc12)c1ccc(C2(F)CNC2)s1. The number of hydrogen-bond acceptors (Lipinski definition) is 15. The Morgan fingerprint density at radius 1 is 0.869 bits per heavy atom. The van der Waals surface area contributed by atoms with Gasteiger partial charge in [-0.05, 0) is 36.4 Å². The Morgan fingerprint density at radius 3 is 2.21 bits per heavy atom. The Morgan fingerprint density at radius 2 is 1.57 bits per heavy atom. The number of para-hydroxylation sites is 1. The summed E-state index contributed by atoms with van der Waals surface area (Å²) in [6, 6.07) is 14.7. The number of thioether (sulfide) groups is 2. The van der Waals surface area contributed by atoms with Crippen LogP contribution in [0, 0.1) is 0 Å². The lowest BCUT2D eigenvalue weighted by atomic mass is 9.98. The van der Waals surface area contributed by atoms with E-state index in [9.17, 15) is 35.9 Å². The van der Waals surface area contributed by atoms with Gasteiger partial charge in [0.15, 0.2) is 28.7 Å². The zero-order valence-corrected chi connectivity index (χ0v) is 35.4. The predicted molar refractivity (Wildman–Crippen MR) is 224 cm³/mol. The maximum atomic E-state index is 14.4. The average Bonchev–Trinajstić information content (AvgIpc) is 3.78. The number of nitrogens with zero attached hydrogens (tertiary/aromatic N) is 7. The molecule has 1 aromatic carbocycles. The third kappa shape index (κ3) is 11.1. The van der Waals surface area contributed by atoms with Gasteiger partial charge in [-0.25, -0.2) is 43.1 Å². The van der Waals surface area contributed by atoms with Gasteiger partial charge in [0.05, 0.1) is 40.6 Å². The van der Waals surface area contributed by atoms with Crippen LogP contribution in [0.15, 0.2) is 77.0 Å². The summed E-state index contributed by atoms with van der Waals surface area (Å²) in [6.07, 6.45) is -4.58. The number of carbonyl (C=O) groups is 2. The molecule has 8 rings (SSSR count). The zero-order valence-electron chi connectivity index (χ0n) is 32.9. The van der Waals surface area contributed by atoms with E-state index in [1.165, 1.54) is 19.4 Å². The minimum atomic E-state index is -4.68. The van der Waals surface area contributed by atoms with E-state index < -0.39 is 29.9 Å². The molecule has 61 heavy (non-hydrogen) atoms. The van der Waals surface area contributed by atoms with Gasteiger partial charge >= 0.3 is 6.18 Å². The highest BCUT2D eigenvalue weighted by atomic mass is 32.2. The Hall–Kier alpha value is -4.96. The van der Waals surface area contributed by atoms with Gasteiger partial charge in [-0.15, -0.1) is 11.3 Å². The Bertz CT molecular complexity index is 2470. The number of pyridine rings is 2. The van der Waals surface area contributed by atoms with Crippen LogP contribution in [0.4, 0.5) is 32.2 Å². The molecule has 2 fully saturated rings. The maximum absolute atomic E-state index is 14.4. The molecule has 12 nitrogen and oxygen atoms in total. The smallest absolute Gasteiger partial charge is 0.451 e. The average molecular weight is 904 g/mol. The highest BCUT2D eigenvalue weighted by Crippen LogP contribution is 2.37. The molecule has 0 unspecified atom stereocenters. The van der Waals surface area contributed by atoms with E-state index in [1.54, 1.807) is 48.7 Å². The highest BCUT2D eigenvalue weighted by molar-refractivity contribution is 8.00. The number of halogens is 6. The van der Waals surface area contributed by atoms with Gasteiger partial charge in [-0.1, -0.05) is 55.6 Å². The zero-order chi connectivity index (χ0) is 43.7. The van der Waals surface area contributed by atoms with Crippen molar-refractivity contribution in [3.8, 4) is 5.75 Å². The number of anilines is 1. The summed E-state index contributed by atoms with van der Waals surface area (Å²) in [5.74, 6) is -1.14. The molecule has 0 saturated carbocycles. The molecule has 0 spiro atoms. The molecular formula is C40H39F6N9O3S3. The number of ether oxygens (including phenoxy) is 1. The number of alkyl halides is 6. The Balaban J connectivity index is 0.000000197. The number of thiophene rings is 1. The van der Waals surface area contributed by atoms with Crippen molar-refractivity contribution in [3.05, 3.63) is 94.0 Å². The largest absolute Gasteiger partial charge is 0.495 e. The summed E-state index contributed by atoms with van der Waals surface area (Å²) in [7, 11) is 1.48. The fourth-order valence-corrected chi connectivity index (χ4v) is 8.80. The summed E-state index contributed by atoms with van der Waals surface area (Å²) in [4.78, 5) is 51.5. The van der Waals surface area contributed by atoms with E-state index in [2.05, 4.69) is 45.4 Å². The van der Waals surface area contributed by atoms with Crippen LogP contribution in [0.3, 0.4) is 0 Å². The number of nitrogens with one attached hydrogen (secondary N) is 2. The molecule has 0 bridgehead atoms. The van der Waals surface area contributed by atoms with E-state index in [4.69, 9.17) is 4.74 Å². The molecule has 0 amide bonds. The second-order valence-corrected chi connectivity index (χ2v) is 16.1. The van der Waals surface area contributed by atoms with Gasteiger partial charge in [0.25, 0.3) is 6.43 Å². The van der Waals surface area contributed by atoms with Crippen molar-refractivity contribution in [1.29, 1.82) is 0 Å². The number of aromatic nitrogens is 6. The van der Waals surface area contributed by atoms with Crippen LogP contribution in [0.2, 0.25) is 0 Å². The first-order valence-electron chi connectivity index (χ1n) is 18.9. The molecule has 0 aliphatic carbocycles. The summed E-state index contributed by atoms with van der Waals surface area (Å²) in [5, 5.41) is 7.38. The Labute approximate surface area is 358 Å². The number of rotatable bonds is 12. The summed E-state index contributed by atoms with van der Waals surface area (Å²) in [6.45, 7) is 7.94. The number of fused-ring (bicyclic) bond motifs is 2. The predicted octanol–water partition coefficient (Wildman–Crippen LogP) is 8.23. The van der Waals surface area contributed by atoms with Gasteiger partial charge in [0, 0.05) is 61.3 Å². The lowest BCUT2D eigenvalue weighted by Gasteiger charge is -2.33. The van der Waals surface area contributed by atoms with Crippen molar-refractivity contribution < 1.29 is 40.7 Å². The number of piperazine rings is 1. The molecule has 2 aliphatic rings. The summed E-state index contributed by atoms with van der Waals surface area (Å²) >= 11 is 3.06. The second kappa shape index (κ2) is 20.3. The number of benzene rings is 1. The first-order chi connectivity index (χ1) is 29.3. The lowest BCUT2D eigenvalue weighted by Crippen LogP contribution is -2.53. The fourth-order valence-electron chi connectivity index (χ4n) is 5.89. The Kier molecular flexibility index (Phi) is 15.1. The summed E-state index contributed by atoms with van der Waals surface area (Å²) < 4.78 is 85.2. The van der Waals surface area contributed by atoms with Crippen molar-refractivity contribution in [3.63, 3.8) is 0 Å². The highest BCUT2D eigenvalue weighted by Gasteiger charge is 2.40. The molecule has 7 heterocycles. The third-order valence-electron chi connectivity index (χ3n) is 9.08. The molecule has 322 valence electrons. The van der Waals surface area contributed by atoms with E-state index in [0.29, 0.717) is 31.8 Å². The van der Waals surface area contributed by atoms with Crippen molar-refractivity contribution in [1.82, 2.24) is 40.5 Å².